The summed E-state index contributed by atoms with van der Waals surface area (Å²) >= 11 is 0. The normalized spacial score (nSPS) is 12.3. The summed E-state index contributed by atoms with van der Waals surface area (Å²) in [5.74, 6) is 0.0973. The Morgan fingerprint density at radius 1 is 1.17 bits per heavy atom. The molecular formula is C20H20N2O. The van der Waals surface area contributed by atoms with E-state index in [1.165, 1.54) is 5.56 Å². The molecule has 3 nitrogen and oxygen atoms in total. The van der Waals surface area contributed by atoms with Gasteiger partial charge in [-0.15, -0.1) is 0 Å². The Kier molecular flexibility index (Phi) is 5.71. The summed E-state index contributed by atoms with van der Waals surface area (Å²) in [6, 6.07) is 19.1. The number of hydrogen-bond donors (Lipinski definition) is 1. The molecule has 0 aliphatic heterocycles. The van der Waals surface area contributed by atoms with Gasteiger partial charge >= 0.3 is 0 Å². The van der Waals surface area contributed by atoms with Crippen molar-refractivity contribution in [2.24, 2.45) is 0 Å². The molecule has 1 N–H and O–H groups in total. The van der Waals surface area contributed by atoms with E-state index in [9.17, 15) is 10.1 Å². The fourth-order valence-electron chi connectivity index (χ4n) is 2.19. The second kappa shape index (κ2) is 7.95. The highest BCUT2D eigenvalue weighted by Crippen LogP contribution is 2.20. The van der Waals surface area contributed by atoms with E-state index >= 15 is 0 Å². The number of carbonyl (C=O) groups is 1. The van der Waals surface area contributed by atoms with Crippen molar-refractivity contribution in [1.29, 1.82) is 5.26 Å². The highest BCUT2D eigenvalue weighted by Gasteiger charge is 2.10. The molecule has 0 saturated carbocycles. The van der Waals surface area contributed by atoms with Crippen molar-refractivity contribution >= 4 is 17.7 Å². The number of hydrogen-bond acceptors (Lipinski definition) is 2. The minimum atomic E-state index is -0.396. The van der Waals surface area contributed by atoms with Gasteiger partial charge in [-0.1, -0.05) is 56.3 Å². The monoisotopic (exact) mass is 304 g/mol. The predicted molar refractivity (Wildman–Crippen MR) is 93.8 cm³/mol. The molecule has 0 radical (unpaired) electrons. The molecule has 0 aromatic heterocycles. The molecule has 3 heteroatoms. The van der Waals surface area contributed by atoms with Crippen LogP contribution in [0.3, 0.4) is 0 Å². The van der Waals surface area contributed by atoms with Gasteiger partial charge in [0.1, 0.15) is 11.6 Å². The number of nitrogens with zero attached hydrogens (tertiary/aromatic N) is 1. The first-order chi connectivity index (χ1) is 11.1. The molecular weight excluding hydrogens is 284 g/mol. The van der Waals surface area contributed by atoms with Crippen molar-refractivity contribution in [3.8, 4) is 6.07 Å². The molecule has 2 aromatic carbocycles. The zero-order valence-electron chi connectivity index (χ0n) is 13.4. The van der Waals surface area contributed by atoms with Gasteiger partial charge in [0.25, 0.3) is 5.91 Å². The maximum atomic E-state index is 12.2. The minimum absolute atomic E-state index is 0.0854. The lowest BCUT2D eigenvalue weighted by Gasteiger charge is -2.10. The first-order valence-corrected chi connectivity index (χ1v) is 7.72. The van der Waals surface area contributed by atoms with Crippen LogP contribution in [0.25, 0.3) is 6.08 Å². The lowest BCUT2D eigenvalue weighted by molar-refractivity contribution is -0.112. The molecule has 0 saturated heterocycles. The second-order valence-electron chi connectivity index (χ2n) is 5.47. The van der Waals surface area contributed by atoms with Crippen LogP contribution in [0.15, 0.2) is 60.2 Å². The lowest BCUT2D eigenvalue weighted by atomic mass is 9.98. The standard InChI is InChI=1S/C20H20N2O/c1-3-15(2)17-9-11-19(12-10-17)22-20(23)18(14-21)13-16-7-5-4-6-8-16/h4-13,15H,3H2,1-2H3,(H,22,23)/b18-13+/t15-/m0/s1. The maximum Gasteiger partial charge on any atom is 0.266 e. The van der Waals surface area contributed by atoms with Gasteiger partial charge in [-0.25, -0.2) is 0 Å². The van der Waals surface area contributed by atoms with E-state index in [-0.39, 0.29) is 5.57 Å². The average Bonchev–Trinajstić information content (AvgIpc) is 2.60. The van der Waals surface area contributed by atoms with Crippen LogP contribution in [-0.4, -0.2) is 5.91 Å². The van der Waals surface area contributed by atoms with Crippen LogP contribution in [0.2, 0.25) is 0 Å². The number of nitrogens with one attached hydrogen (secondary N) is 1. The molecule has 2 rings (SSSR count). The minimum Gasteiger partial charge on any atom is -0.321 e. The van der Waals surface area contributed by atoms with Crippen molar-refractivity contribution in [2.45, 2.75) is 26.2 Å². The SMILES string of the molecule is CC[C@H](C)c1ccc(NC(=O)/C(C#N)=C/c2ccccc2)cc1. The van der Waals surface area contributed by atoms with Crippen molar-refractivity contribution in [3.05, 3.63) is 71.3 Å². The van der Waals surface area contributed by atoms with E-state index in [0.29, 0.717) is 11.6 Å². The van der Waals surface area contributed by atoms with Gasteiger partial charge in [-0.2, -0.15) is 5.26 Å². The summed E-state index contributed by atoms with van der Waals surface area (Å²) in [7, 11) is 0. The Morgan fingerprint density at radius 2 is 1.83 bits per heavy atom. The Labute approximate surface area is 137 Å². The summed E-state index contributed by atoms with van der Waals surface area (Å²) < 4.78 is 0. The van der Waals surface area contributed by atoms with Gasteiger partial charge < -0.3 is 5.32 Å². The van der Waals surface area contributed by atoms with Crippen LogP contribution in [-0.2, 0) is 4.79 Å². The fraction of sp³-hybridized carbons (Fsp3) is 0.200. The Balaban J connectivity index is 2.11. The average molecular weight is 304 g/mol. The molecule has 0 aliphatic rings. The van der Waals surface area contributed by atoms with Crippen LogP contribution in [0.5, 0.6) is 0 Å². The molecule has 116 valence electrons. The quantitative estimate of drug-likeness (QED) is 0.640. The number of nitriles is 1. The van der Waals surface area contributed by atoms with Gasteiger partial charge in [-0.05, 0) is 41.7 Å². The Morgan fingerprint density at radius 3 is 2.39 bits per heavy atom. The number of carbonyl (C=O) groups excluding carboxylic acids is 1. The smallest absolute Gasteiger partial charge is 0.266 e. The zero-order valence-corrected chi connectivity index (χ0v) is 13.4. The van der Waals surface area contributed by atoms with E-state index in [1.807, 2.05) is 60.7 Å². The van der Waals surface area contributed by atoms with Crippen LogP contribution < -0.4 is 5.32 Å². The third-order valence-corrected chi connectivity index (χ3v) is 3.83. The van der Waals surface area contributed by atoms with E-state index < -0.39 is 5.91 Å². The lowest BCUT2D eigenvalue weighted by Crippen LogP contribution is -2.13. The zero-order chi connectivity index (χ0) is 16.7. The maximum absolute atomic E-state index is 12.2. The number of benzene rings is 2. The number of rotatable bonds is 5. The van der Waals surface area contributed by atoms with Gasteiger partial charge in [0, 0.05) is 5.69 Å². The largest absolute Gasteiger partial charge is 0.321 e. The number of amides is 1. The molecule has 2 aromatic rings. The molecule has 0 fully saturated rings. The van der Waals surface area contributed by atoms with Crippen molar-refractivity contribution in [1.82, 2.24) is 0 Å². The predicted octanol–water partition coefficient (Wildman–Crippen LogP) is 4.75. The van der Waals surface area contributed by atoms with Crippen molar-refractivity contribution in [3.63, 3.8) is 0 Å². The highest BCUT2D eigenvalue weighted by atomic mass is 16.1. The second-order valence-corrected chi connectivity index (χ2v) is 5.47. The van der Waals surface area contributed by atoms with Gasteiger partial charge in [0.2, 0.25) is 0 Å². The Bertz CT molecular complexity index is 724. The third-order valence-electron chi connectivity index (χ3n) is 3.83. The van der Waals surface area contributed by atoms with Crippen molar-refractivity contribution in [2.75, 3.05) is 5.32 Å². The molecule has 1 atom stereocenters. The van der Waals surface area contributed by atoms with Crippen molar-refractivity contribution < 1.29 is 4.79 Å². The number of anilines is 1. The van der Waals surface area contributed by atoms with Gasteiger partial charge in [0.05, 0.1) is 0 Å². The van der Waals surface area contributed by atoms with Gasteiger partial charge in [0.15, 0.2) is 0 Å². The van der Waals surface area contributed by atoms with Crippen LogP contribution >= 0.6 is 0 Å². The van der Waals surface area contributed by atoms with E-state index in [1.54, 1.807) is 6.08 Å². The summed E-state index contributed by atoms with van der Waals surface area (Å²) in [5, 5.41) is 12.0. The molecule has 0 bridgehead atoms. The first-order valence-electron chi connectivity index (χ1n) is 7.72. The first kappa shape index (κ1) is 16.5. The molecule has 23 heavy (non-hydrogen) atoms. The molecule has 0 heterocycles. The van der Waals surface area contributed by atoms with E-state index in [0.717, 1.165) is 12.0 Å². The summed E-state index contributed by atoms with van der Waals surface area (Å²) in [5.41, 5.74) is 2.84. The van der Waals surface area contributed by atoms with Gasteiger partial charge in [-0.3, -0.25) is 4.79 Å². The van der Waals surface area contributed by atoms with E-state index in [2.05, 4.69) is 19.2 Å². The summed E-state index contributed by atoms with van der Waals surface area (Å²) in [6.45, 7) is 4.32. The van der Waals surface area contributed by atoms with Crippen LogP contribution in [0.1, 0.15) is 37.3 Å². The molecule has 0 spiro atoms. The molecule has 1 amide bonds. The third kappa shape index (κ3) is 4.55. The summed E-state index contributed by atoms with van der Waals surface area (Å²) in [4.78, 5) is 12.2. The fourth-order valence-corrected chi connectivity index (χ4v) is 2.19. The topological polar surface area (TPSA) is 52.9 Å². The van der Waals surface area contributed by atoms with Crippen LogP contribution in [0.4, 0.5) is 5.69 Å². The summed E-state index contributed by atoms with van der Waals surface area (Å²) in [6.07, 6.45) is 2.66. The Hall–Kier alpha value is -2.86. The van der Waals surface area contributed by atoms with Crippen LogP contribution in [0, 0.1) is 11.3 Å². The van der Waals surface area contributed by atoms with E-state index in [4.69, 9.17) is 0 Å². The highest BCUT2D eigenvalue weighted by molar-refractivity contribution is 6.09. The molecule has 0 aliphatic carbocycles. The molecule has 0 unspecified atom stereocenters.